The maximum atomic E-state index is 9.25. The van der Waals surface area contributed by atoms with Gasteiger partial charge in [-0.25, -0.2) is 0 Å². The first-order chi connectivity index (χ1) is 11.3. The SMILES string of the molecule is COc1ccc(N2NC=CC=C2CCO)cc1OC1CCCC1. The van der Waals surface area contributed by atoms with Gasteiger partial charge in [0.2, 0.25) is 0 Å². The van der Waals surface area contributed by atoms with Gasteiger partial charge in [-0.05, 0) is 50.0 Å². The molecule has 0 amide bonds. The summed E-state index contributed by atoms with van der Waals surface area (Å²) in [6.45, 7) is 0.111. The molecule has 0 saturated heterocycles. The van der Waals surface area contributed by atoms with Gasteiger partial charge in [-0.2, -0.15) is 0 Å². The summed E-state index contributed by atoms with van der Waals surface area (Å²) in [4.78, 5) is 0. The molecule has 5 heteroatoms. The number of allylic oxidation sites excluding steroid dienone is 2. The number of aliphatic hydroxyl groups excluding tert-OH is 1. The first kappa shape index (κ1) is 15.7. The van der Waals surface area contributed by atoms with Crippen molar-refractivity contribution in [2.24, 2.45) is 0 Å². The number of hydrazine groups is 1. The van der Waals surface area contributed by atoms with E-state index >= 15 is 0 Å². The zero-order valence-electron chi connectivity index (χ0n) is 13.5. The van der Waals surface area contributed by atoms with E-state index in [1.807, 2.05) is 41.6 Å². The Bertz CT molecular complexity index is 592. The van der Waals surface area contributed by atoms with E-state index in [4.69, 9.17) is 9.47 Å². The van der Waals surface area contributed by atoms with E-state index in [1.165, 1.54) is 12.8 Å². The summed E-state index contributed by atoms with van der Waals surface area (Å²) in [7, 11) is 1.66. The van der Waals surface area contributed by atoms with Gasteiger partial charge < -0.3 is 20.0 Å². The van der Waals surface area contributed by atoms with Crippen molar-refractivity contribution in [3.8, 4) is 11.5 Å². The third-order valence-corrected chi connectivity index (χ3v) is 4.24. The van der Waals surface area contributed by atoms with E-state index < -0.39 is 0 Å². The maximum absolute atomic E-state index is 9.25. The summed E-state index contributed by atoms with van der Waals surface area (Å²) in [6, 6.07) is 5.91. The molecule has 1 aromatic carbocycles. The van der Waals surface area contributed by atoms with Crippen LogP contribution in [0.1, 0.15) is 32.1 Å². The molecule has 1 fully saturated rings. The van der Waals surface area contributed by atoms with Crippen LogP contribution in [0, 0.1) is 0 Å². The van der Waals surface area contributed by atoms with Gasteiger partial charge in [-0.3, -0.25) is 5.01 Å². The summed E-state index contributed by atoms with van der Waals surface area (Å²) in [5.41, 5.74) is 5.17. The summed E-state index contributed by atoms with van der Waals surface area (Å²) in [5.74, 6) is 1.53. The Balaban J connectivity index is 1.84. The molecule has 0 aromatic heterocycles. The van der Waals surface area contributed by atoms with Crippen molar-refractivity contribution in [3.63, 3.8) is 0 Å². The monoisotopic (exact) mass is 316 g/mol. The molecule has 0 atom stereocenters. The summed E-state index contributed by atoms with van der Waals surface area (Å²) in [5, 5.41) is 11.2. The van der Waals surface area contributed by atoms with Crippen LogP contribution in [0.3, 0.4) is 0 Å². The van der Waals surface area contributed by atoms with E-state index in [-0.39, 0.29) is 12.7 Å². The van der Waals surface area contributed by atoms with Crippen molar-refractivity contribution < 1.29 is 14.6 Å². The number of hydrogen-bond donors (Lipinski definition) is 2. The molecule has 0 bridgehead atoms. The standard InChI is InChI=1S/C18H24N2O3/c1-22-17-9-8-15(13-18(17)23-16-6-2-3-7-16)20-14(10-12-21)5-4-11-19-20/h4-5,8-9,11,13,16,19,21H,2-3,6-7,10,12H2,1H3. The minimum Gasteiger partial charge on any atom is -0.493 e. The number of anilines is 1. The molecule has 0 radical (unpaired) electrons. The van der Waals surface area contributed by atoms with Crippen molar-refractivity contribution in [2.75, 3.05) is 18.7 Å². The number of hydrogen-bond acceptors (Lipinski definition) is 5. The number of aliphatic hydroxyl groups is 1. The Morgan fingerprint density at radius 2 is 2.09 bits per heavy atom. The lowest BCUT2D eigenvalue weighted by atomic mass is 10.2. The lowest BCUT2D eigenvalue weighted by Crippen LogP contribution is -2.35. The van der Waals surface area contributed by atoms with Gasteiger partial charge in [0.05, 0.1) is 18.9 Å². The number of benzene rings is 1. The largest absolute Gasteiger partial charge is 0.493 e. The maximum Gasteiger partial charge on any atom is 0.163 e. The molecule has 1 saturated carbocycles. The number of rotatable bonds is 6. The Morgan fingerprint density at radius 1 is 1.26 bits per heavy atom. The van der Waals surface area contributed by atoms with Gasteiger partial charge >= 0.3 is 0 Å². The predicted octanol–water partition coefficient (Wildman–Crippen LogP) is 3.12. The molecule has 1 aromatic rings. The van der Waals surface area contributed by atoms with E-state index in [1.54, 1.807) is 7.11 Å². The second-order valence-corrected chi connectivity index (χ2v) is 5.81. The lowest BCUT2D eigenvalue weighted by Gasteiger charge is -2.29. The number of ether oxygens (including phenoxy) is 2. The van der Waals surface area contributed by atoms with E-state index in [0.29, 0.717) is 6.42 Å². The Hall–Kier alpha value is -2.14. The Kier molecular flexibility index (Phi) is 5.08. The third-order valence-electron chi connectivity index (χ3n) is 4.24. The van der Waals surface area contributed by atoms with Gasteiger partial charge in [0.25, 0.3) is 0 Å². The fourth-order valence-corrected chi connectivity index (χ4v) is 3.07. The highest BCUT2D eigenvalue weighted by Crippen LogP contribution is 2.36. The first-order valence-corrected chi connectivity index (χ1v) is 8.19. The zero-order valence-corrected chi connectivity index (χ0v) is 13.5. The van der Waals surface area contributed by atoms with Crippen LogP contribution in [0.15, 0.2) is 42.2 Å². The highest BCUT2D eigenvalue weighted by atomic mass is 16.5. The quantitative estimate of drug-likeness (QED) is 0.844. The van der Waals surface area contributed by atoms with Gasteiger partial charge in [0.1, 0.15) is 0 Å². The molecule has 1 aliphatic heterocycles. The van der Waals surface area contributed by atoms with Crippen LogP contribution >= 0.6 is 0 Å². The van der Waals surface area contributed by atoms with E-state index in [9.17, 15) is 5.11 Å². The van der Waals surface area contributed by atoms with Gasteiger partial charge in [-0.15, -0.1) is 0 Å². The fourth-order valence-electron chi connectivity index (χ4n) is 3.07. The molecular weight excluding hydrogens is 292 g/mol. The minimum absolute atomic E-state index is 0.111. The van der Waals surface area contributed by atoms with Crippen LogP contribution in [0.2, 0.25) is 0 Å². The summed E-state index contributed by atoms with van der Waals surface area (Å²) >= 11 is 0. The summed E-state index contributed by atoms with van der Waals surface area (Å²) in [6.07, 6.45) is 11.3. The van der Waals surface area contributed by atoms with Gasteiger partial charge in [-0.1, -0.05) is 0 Å². The van der Waals surface area contributed by atoms with E-state index in [2.05, 4.69) is 5.43 Å². The molecule has 2 N–H and O–H groups in total. The normalized spacial score (nSPS) is 17.8. The second kappa shape index (κ2) is 7.42. The van der Waals surface area contributed by atoms with Crippen LogP contribution < -0.4 is 19.9 Å². The van der Waals surface area contributed by atoms with Crippen molar-refractivity contribution in [1.82, 2.24) is 5.43 Å². The van der Waals surface area contributed by atoms with Crippen LogP contribution in [-0.2, 0) is 0 Å². The topological polar surface area (TPSA) is 54.0 Å². The van der Waals surface area contributed by atoms with Gasteiger partial charge in [0.15, 0.2) is 11.5 Å². The zero-order chi connectivity index (χ0) is 16.1. The first-order valence-electron chi connectivity index (χ1n) is 8.19. The number of nitrogens with one attached hydrogen (secondary N) is 1. The van der Waals surface area contributed by atoms with E-state index in [0.717, 1.165) is 35.7 Å². The van der Waals surface area contributed by atoms with Crippen LogP contribution in [0.5, 0.6) is 11.5 Å². The van der Waals surface area contributed by atoms with Crippen molar-refractivity contribution >= 4 is 5.69 Å². The molecule has 2 aliphatic rings. The molecule has 124 valence electrons. The smallest absolute Gasteiger partial charge is 0.163 e. The minimum atomic E-state index is 0.111. The summed E-state index contributed by atoms with van der Waals surface area (Å²) < 4.78 is 11.6. The van der Waals surface area contributed by atoms with Crippen molar-refractivity contribution in [2.45, 2.75) is 38.2 Å². The average molecular weight is 316 g/mol. The van der Waals surface area contributed by atoms with Crippen molar-refractivity contribution in [3.05, 3.63) is 42.2 Å². The van der Waals surface area contributed by atoms with Gasteiger partial charge in [0, 0.05) is 31.0 Å². The molecule has 0 spiro atoms. The third kappa shape index (κ3) is 3.62. The van der Waals surface area contributed by atoms with Crippen LogP contribution in [0.25, 0.3) is 0 Å². The Labute approximate surface area is 137 Å². The molecular formula is C18H24N2O3. The Morgan fingerprint density at radius 3 is 2.83 bits per heavy atom. The van der Waals surface area contributed by atoms with Crippen LogP contribution in [0.4, 0.5) is 5.69 Å². The molecule has 3 rings (SSSR count). The predicted molar refractivity (Wildman–Crippen MR) is 90.4 cm³/mol. The highest BCUT2D eigenvalue weighted by molar-refractivity contribution is 5.59. The molecule has 5 nitrogen and oxygen atoms in total. The van der Waals surface area contributed by atoms with Crippen molar-refractivity contribution in [1.29, 1.82) is 0 Å². The molecule has 1 heterocycles. The number of nitrogens with zero attached hydrogens (tertiary/aromatic N) is 1. The molecule has 0 unspecified atom stereocenters. The number of methoxy groups -OCH3 is 1. The lowest BCUT2D eigenvalue weighted by molar-refractivity contribution is 0.201. The highest BCUT2D eigenvalue weighted by Gasteiger charge is 2.20. The molecule has 23 heavy (non-hydrogen) atoms. The average Bonchev–Trinajstić information content (AvgIpc) is 3.09. The molecule has 1 aliphatic carbocycles. The fraction of sp³-hybridized carbons (Fsp3) is 0.444. The van der Waals surface area contributed by atoms with Crippen LogP contribution in [-0.4, -0.2) is 24.9 Å². The second-order valence-electron chi connectivity index (χ2n) is 5.81.